The van der Waals surface area contributed by atoms with Crippen molar-refractivity contribution in [1.29, 1.82) is 0 Å². The number of quaternary nitrogens is 1. The van der Waals surface area contributed by atoms with Gasteiger partial charge in [-0.1, -0.05) is 177 Å². The van der Waals surface area contributed by atoms with Crippen molar-refractivity contribution >= 4 is 13.7 Å². The predicted octanol–water partition coefficient (Wildman–Crippen LogP) is 11.5. The Balaban J connectivity index is 4.55. The van der Waals surface area contributed by atoms with Gasteiger partial charge in [0.1, 0.15) is 13.2 Å². The number of rotatable bonds is 37. The Labute approximate surface area is 326 Å². The van der Waals surface area contributed by atoms with E-state index in [9.17, 15) is 19.4 Å². The minimum absolute atomic E-state index is 0.0557. The van der Waals surface area contributed by atoms with Crippen LogP contribution in [0.3, 0.4) is 0 Å². The van der Waals surface area contributed by atoms with Crippen molar-refractivity contribution in [3.05, 3.63) is 60.8 Å². The maximum Gasteiger partial charge on any atom is 0.472 e. The summed E-state index contributed by atoms with van der Waals surface area (Å²) in [6, 6.07) is -0.816. The molecule has 0 aliphatic heterocycles. The Morgan fingerprint density at radius 1 is 0.642 bits per heavy atom. The number of phosphoric ester groups is 1. The SMILES string of the molecule is CC/C=C\C/C=C\C/C=C\C/C=C\C/C=C\CC(=O)NC(COP(=O)(O)OCC[N+](C)(C)C)C(O)CCCCCCCCCCCCCCCCCC. The zero-order chi connectivity index (χ0) is 39.3. The van der Waals surface area contributed by atoms with E-state index in [0.717, 1.165) is 51.4 Å². The summed E-state index contributed by atoms with van der Waals surface area (Å²) in [5.41, 5.74) is 0. The summed E-state index contributed by atoms with van der Waals surface area (Å²) in [5.74, 6) is -0.273. The van der Waals surface area contributed by atoms with Crippen molar-refractivity contribution in [3.63, 3.8) is 0 Å². The second kappa shape index (κ2) is 35.9. The molecular formula is C44H82N2O6P+. The molecule has 0 fully saturated rings. The number of aliphatic hydroxyl groups is 1. The lowest BCUT2D eigenvalue weighted by Crippen LogP contribution is -2.46. The molecule has 8 nitrogen and oxygen atoms in total. The molecule has 0 aromatic carbocycles. The van der Waals surface area contributed by atoms with Crippen LogP contribution in [0.15, 0.2) is 60.8 Å². The first kappa shape index (κ1) is 51.2. The molecule has 0 saturated heterocycles. The van der Waals surface area contributed by atoms with E-state index in [1.807, 2.05) is 27.2 Å². The van der Waals surface area contributed by atoms with Gasteiger partial charge < -0.3 is 19.8 Å². The normalized spacial score (nSPS) is 15.1. The lowest BCUT2D eigenvalue weighted by molar-refractivity contribution is -0.870. The minimum atomic E-state index is -4.34. The second-order valence-electron chi connectivity index (χ2n) is 15.4. The number of nitrogens with zero attached hydrogens (tertiary/aromatic N) is 1. The van der Waals surface area contributed by atoms with E-state index < -0.39 is 20.0 Å². The van der Waals surface area contributed by atoms with Crippen LogP contribution in [0.2, 0.25) is 0 Å². The molecule has 0 aliphatic rings. The summed E-state index contributed by atoms with van der Waals surface area (Å²) in [5, 5.41) is 13.8. The van der Waals surface area contributed by atoms with Gasteiger partial charge in [0.15, 0.2) is 0 Å². The molecule has 0 aromatic heterocycles. The van der Waals surface area contributed by atoms with Crippen LogP contribution in [0.5, 0.6) is 0 Å². The Morgan fingerprint density at radius 3 is 1.49 bits per heavy atom. The van der Waals surface area contributed by atoms with Gasteiger partial charge in [0.25, 0.3) is 0 Å². The first-order valence-corrected chi connectivity index (χ1v) is 22.6. The Hall–Kier alpha value is -1.80. The number of hydrogen-bond donors (Lipinski definition) is 3. The molecule has 3 N–H and O–H groups in total. The fourth-order valence-electron chi connectivity index (χ4n) is 5.70. The lowest BCUT2D eigenvalue weighted by Gasteiger charge is -2.26. The number of amides is 1. The fraction of sp³-hybridized carbons (Fsp3) is 0.750. The van der Waals surface area contributed by atoms with E-state index in [-0.39, 0.29) is 25.5 Å². The van der Waals surface area contributed by atoms with Gasteiger partial charge in [-0.15, -0.1) is 0 Å². The number of carbonyl (C=O) groups excluding carboxylic acids is 1. The molecule has 0 rings (SSSR count). The molecule has 0 spiro atoms. The molecule has 53 heavy (non-hydrogen) atoms. The molecule has 0 saturated carbocycles. The number of aliphatic hydroxyl groups excluding tert-OH is 1. The highest BCUT2D eigenvalue weighted by Gasteiger charge is 2.28. The van der Waals surface area contributed by atoms with E-state index in [1.165, 1.54) is 83.5 Å². The minimum Gasteiger partial charge on any atom is -0.391 e. The van der Waals surface area contributed by atoms with Crippen LogP contribution in [0.1, 0.15) is 162 Å². The van der Waals surface area contributed by atoms with Crippen LogP contribution in [0.4, 0.5) is 0 Å². The molecule has 1 amide bonds. The Bertz CT molecular complexity index is 1050. The summed E-state index contributed by atoms with van der Waals surface area (Å²) < 4.78 is 23.5. The summed E-state index contributed by atoms with van der Waals surface area (Å²) >= 11 is 0. The third-order valence-electron chi connectivity index (χ3n) is 9.06. The van der Waals surface area contributed by atoms with Crippen LogP contribution in [0.25, 0.3) is 0 Å². The fourth-order valence-corrected chi connectivity index (χ4v) is 6.44. The van der Waals surface area contributed by atoms with Gasteiger partial charge >= 0.3 is 7.82 Å². The molecule has 0 bridgehead atoms. The van der Waals surface area contributed by atoms with Gasteiger partial charge in [-0.05, 0) is 38.5 Å². The number of unbranched alkanes of at least 4 members (excludes halogenated alkanes) is 15. The first-order chi connectivity index (χ1) is 25.5. The topological polar surface area (TPSA) is 105 Å². The monoisotopic (exact) mass is 766 g/mol. The summed E-state index contributed by atoms with van der Waals surface area (Å²) in [4.78, 5) is 23.0. The highest BCUT2D eigenvalue weighted by atomic mass is 31.2. The van der Waals surface area contributed by atoms with Gasteiger partial charge in [0, 0.05) is 6.42 Å². The molecule has 3 atom stereocenters. The van der Waals surface area contributed by atoms with Crippen molar-refractivity contribution in [2.45, 2.75) is 174 Å². The van der Waals surface area contributed by atoms with Gasteiger partial charge in [-0.3, -0.25) is 13.8 Å². The molecule has 308 valence electrons. The van der Waals surface area contributed by atoms with Crippen molar-refractivity contribution in [3.8, 4) is 0 Å². The van der Waals surface area contributed by atoms with Crippen LogP contribution in [0, 0.1) is 0 Å². The number of allylic oxidation sites excluding steroid dienone is 9. The largest absolute Gasteiger partial charge is 0.472 e. The summed E-state index contributed by atoms with van der Waals surface area (Å²) in [6.45, 7) is 4.68. The maximum atomic E-state index is 12.8. The third-order valence-corrected chi connectivity index (χ3v) is 10.0. The van der Waals surface area contributed by atoms with E-state index in [2.05, 4.69) is 67.8 Å². The zero-order valence-electron chi connectivity index (χ0n) is 34.7. The smallest absolute Gasteiger partial charge is 0.391 e. The van der Waals surface area contributed by atoms with Crippen molar-refractivity contribution < 1.29 is 32.9 Å². The highest BCUT2D eigenvalue weighted by Crippen LogP contribution is 2.43. The summed E-state index contributed by atoms with van der Waals surface area (Å²) in [7, 11) is 1.55. The van der Waals surface area contributed by atoms with Crippen LogP contribution >= 0.6 is 7.82 Å². The lowest BCUT2D eigenvalue weighted by atomic mass is 10.0. The molecule has 0 radical (unpaired) electrons. The van der Waals surface area contributed by atoms with Gasteiger partial charge in [-0.2, -0.15) is 0 Å². The zero-order valence-corrected chi connectivity index (χ0v) is 35.6. The number of likely N-dealkylation sites (N-methyl/N-ethyl adjacent to an activating group) is 1. The van der Waals surface area contributed by atoms with E-state index >= 15 is 0 Å². The molecule has 3 unspecified atom stereocenters. The molecular weight excluding hydrogens is 683 g/mol. The number of hydrogen-bond acceptors (Lipinski definition) is 5. The van der Waals surface area contributed by atoms with Crippen molar-refractivity contribution in [2.24, 2.45) is 0 Å². The quantitative estimate of drug-likeness (QED) is 0.0252. The van der Waals surface area contributed by atoms with Crippen molar-refractivity contribution in [2.75, 3.05) is 40.9 Å². The molecule has 0 heterocycles. The standard InChI is InChI=1S/C44H81N2O6P/c1-6-8-10-12-14-16-18-20-22-24-25-27-29-31-33-35-37-43(47)42(41-52-53(49,50)51-40-39-46(3,4)5)45-44(48)38-36-34-32-30-28-26-23-21-19-17-15-13-11-9-7-2/h9,11,15,17,21,23,28,30,34,36,42-43,47H,6-8,10,12-14,16,18-20,22,24-27,29,31-33,35,37-41H2,1-5H3,(H-,45,48,49,50)/p+1/b11-9-,17-15-,23-21-,30-28-,36-34-. The van der Waals surface area contributed by atoms with E-state index in [4.69, 9.17) is 9.05 Å². The Kier molecular flexibility index (Phi) is 34.7. The predicted molar refractivity (Wildman–Crippen MR) is 226 cm³/mol. The van der Waals surface area contributed by atoms with Gasteiger partial charge in [0.2, 0.25) is 5.91 Å². The summed E-state index contributed by atoms with van der Waals surface area (Å²) in [6.07, 6.45) is 45.6. The average Bonchev–Trinajstić information content (AvgIpc) is 3.10. The van der Waals surface area contributed by atoms with E-state index in [0.29, 0.717) is 17.4 Å². The van der Waals surface area contributed by atoms with E-state index in [1.54, 1.807) is 6.08 Å². The Morgan fingerprint density at radius 2 is 1.06 bits per heavy atom. The maximum absolute atomic E-state index is 12.8. The van der Waals surface area contributed by atoms with Crippen LogP contribution in [-0.4, -0.2) is 73.4 Å². The average molecular weight is 766 g/mol. The molecule has 0 aromatic rings. The van der Waals surface area contributed by atoms with Gasteiger partial charge in [-0.25, -0.2) is 4.57 Å². The number of nitrogens with one attached hydrogen (secondary N) is 1. The third kappa shape index (κ3) is 38.3. The van der Waals surface area contributed by atoms with Crippen LogP contribution < -0.4 is 5.32 Å². The molecule has 9 heteroatoms. The molecule has 0 aliphatic carbocycles. The van der Waals surface area contributed by atoms with Crippen LogP contribution in [-0.2, 0) is 18.4 Å². The first-order valence-electron chi connectivity index (χ1n) is 21.2. The number of carbonyl (C=O) groups is 1. The van der Waals surface area contributed by atoms with Gasteiger partial charge in [0.05, 0.1) is 39.9 Å². The number of phosphoric acid groups is 1. The highest BCUT2D eigenvalue weighted by molar-refractivity contribution is 7.47. The van der Waals surface area contributed by atoms with Crippen molar-refractivity contribution in [1.82, 2.24) is 5.32 Å². The second-order valence-corrected chi connectivity index (χ2v) is 16.8.